The SMILES string of the molecule is O=C(CCNCc1ccc(CN(CCNCc2ccccn2)CCNCc2ccccn2)cc1)Oc1cccs1. The Morgan fingerprint density at radius 3 is 1.93 bits per heavy atom. The van der Waals surface area contributed by atoms with Crippen molar-refractivity contribution < 1.29 is 9.53 Å². The summed E-state index contributed by atoms with van der Waals surface area (Å²) < 4.78 is 5.29. The molecule has 9 heteroatoms. The van der Waals surface area contributed by atoms with Crippen LogP contribution >= 0.6 is 11.3 Å². The number of aromatic nitrogens is 2. The van der Waals surface area contributed by atoms with Crippen LogP contribution in [0.3, 0.4) is 0 Å². The van der Waals surface area contributed by atoms with Crippen LogP contribution in [0.15, 0.2) is 90.6 Å². The molecule has 0 bridgehead atoms. The molecule has 0 saturated carbocycles. The highest BCUT2D eigenvalue weighted by atomic mass is 32.1. The zero-order chi connectivity index (χ0) is 27.7. The van der Waals surface area contributed by atoms with E-state index in [-0.39, 0.29) is 5.97 Å². The Bertz CT molecular complexity index is 1180. The van der Waals surface area contributed by atoms with Crippen LogP contribution in [0.25, 0.3) is 0 Å². The number of hydrogen-bond acceptors (Lipinski definition) is 9. The second-order valence-corrected chi connectivity index (χ2v) is 10.3. The lowest BCUT2D eigenvalue weighted by Gasteiger charge is -2.23. The van der Waals surface area contributed by atoms with Crippen LogP contribution in [0.5, 0.6) is 5.06 Å². The van der Waals surface area contributed by atoms with E-state index >= 15 is 0 Å². The normalized spacial score (nSPS) is 11.1. The first-order valence-electron chi connectivity index (χ1n) is 13.7. The van der Waals surface area contributed by atoms with Crippen molar-refractivity contribution in [2.24, 2.45) is 0 Å². The molecule has 0 saturated heterocycles. The Kier molecular flexibility index (Phi) is 12.7. The van der Waals surface area contributed by atoms with Crippen LogP contribution in [0.2, 0.25) is 0 Å². The molecule has 4 rings (SSSR count). The number of hydrogen-bond donors (Lipinski definition) is 3. The third kappa shape index (κ3) is 11.3. The summed E-state index contributed by atoms with van der Waals surface area (Å²) in [6.45, 7) is 7.33. The summed E-state index contributed by atoms with van der Waals surface area (Å²) in [6, 6.07) is 24.4. The first kappa shape index (κ1) is 29.5. The molecule has 0 spiro atoms. The molecule has 8 nitrogen and oxygen atoms in total. The van der Waals surface area contributed by atoms with Gasteiger partial charge < -0.3 is 20.7 Å². The second kappa shape index (κ2) is 17.3. The quantitative estimate of drug-likeness (QED) is 0.125. The van der Waals surface area contributed by atoms with E-state index in [2.05, 4.69) is 55.1 Å². The maximum atomic E-state index is 11.9. The number of carbonyl (C=O) groups is 1. The fraction of sp³-hybridized carbons (Fsp3) is 0.323. The summed E-state index contributed by atoms with van der Waals surface area (Å²) in [4.78, 5) is 23.2. The number of nitrogens with one attached hydrogen (secondary N) is 3. The van der Waals surface area contributed by atoms with Gasteiger partial charge in [0.2, 0.25) is 0 Å². The molecule has 3 heterocycles. The molecule has 210 valence electrons. The summed E-state index contributed by atoms with van der Waals surface area (Å²) in [5.74, 6) is -0.213. The van der Waals surface area contributed by atoms with Crippen LogP contribution < -0.4 is 20.7 Å². The number of carbonyl (C=O) groups excluding carboxylic acids is 1. The Morgan fingerprint density at radius 1 is 0.725 bits per heavy atom. The summed E-state index contributed by atoms with van der Waals surface area (Å²) >= 11 is 1.42. The maximum absolute atomic E-state index is 11.9. The van der Waals surface area contributed by atoms with Crippen LogP contribution in [-0.2, 0) is 31.0 Å². The van der Waals surface area contributed by atoms with Crippen molar-refractivity contribution in [3.8, 4) is 5.06 Å². The predicted molar refractivity (Wildman–Crippen MR) is 160 cm³/mol. The molecule has 0 aliphatic heterocycles. The molecule has 0 amide bonds. The maximum Gasteiger partial charge on any atom is 0.313 e. The number of esters is 1. The molecule has 0 aliphatic rings. The minimum absolute atomic E-state index is 0.213. The minimum atomic E-state index is -0.213. The molecule has 0 aliphatic carbocycles. The molecule has 40 heavy (non-hydrogen) atoms. The third-order valence-corrected chi connectivity index (χ3v) is 6.99. The molecule has 0 fully saturated rings. The number of benzene rings is 1. The summed E-state index contributed by atoms with van der Waals surface area (Å²) in [7, 11) is 0. The zero-order valence-corrected chi connectivity index (χ0v) is 23.6. The molecular weight excluding hydrogens is 520 g/mol. The van der Waals surface area contributed by atoms with Crippen molar-refractivity contribution in [2.75, 3.05) is 32.7 Å². The highest BCUT2D eigenvalue weighted by molar-refractivity contribution is 7.11. The van der Waals surface area contributed by atoms with Gasteiger partial charge >= 0.3 is 5.97 Å². The van der Waals surface area contributed by atoms with Gasteiger partial charge in [-0.15, -0.1) is 11.3 Å². The third-order valence-electron chi connectivity index (χ3n) is 6.25. The molecule has 0 atom stereocenters. The van der Waals surface area contributed by atoms with E-state index in [1.807, 2.05) is 60.2 Å². The van der Waals surface area contributed by atoms with Crippen molar-refractivity contribution in [1.82, 2.24) is 30.8 Å². The highest BCUT2D eigenvalue weighted by Gasteiger charge is 2.08. The molecule has 0 unspecified atom stereocenters. The highest BCUT2D eigenvalue weighted by Crippen LogP contribution is 2.18. The summed E-state index contributed by atoms with van der Waals surface area (Å²) in [5, 5.41) is 12.9. The summed E-state index contributed by atoms with van der Waals surface area (Å²) in [6.07, 6.45) is 4.00. The van der Waals surface area contributed by atoms with E-state index in [1.165, 1.54) is 22.5 Å². The van der Waals surface area contributed by atoms with E-state index in [9.17, 15) is 4.79 Å². The van der Waals surface area contributed by atoms with Gasteiger partial charge in [0.15, 0.2) is 5.06 Å². The van der Waals surface area contributed by atoms with Crippen molar-refractivity contribution in [3.63, 3.8) is 0 Å². The van der Waals surface area contributed by atoms with Gasteiger partial charge in [0.05, 0.1) is 17.8 Å². The van der Waals surface area contributed by atoms with Crippen molar-refractivity contribution in [2.45, 2.75) is 32.6 Å². The number of rotatable bonds is 18. The molecule has 1 aromatic carbocycles. The average molecular weight is 559 g/mol. The fourth-order valence-corrected chi connectivity index (χ4v) is 4.70. The lowest BCUT2D eigenvalue weighted by molar-refractivity contribution is -0.134. The van der Waals surface area contributed by atoms with Gasteiger partial charge in [0, 0.05) is 71.3 Å². The Morgan fingerprint density at radius 2 is 1.35 bits per heavy atom. The molecular formula is C31H38N6O2S. The van der Waals surface area contributed by atoms with Gasteiger partial charge in [0.25, 0.3) is 0 Å². The molecule has 3 N–H and O–H groups in total. The van der Waals surface area contributed by atoms with Crippen LogP contribution in [-0.4, -0.2) is 53.6 Å². The van der Waals surface area contributed by atoms with E-state index in [0.717, 1.165) is 57.2 Å². The predicted octanol–water partition coefficient (Wildman–Crippen LogP) is 4.01. The lowest BCUT2D eigenvalue weighted by atomic mass is 10.1. The van der Waals surface area contributed by atoms with Gasteiger partial charge in [-0.1, -0.05) is 36.4 Å². The van der Waals surface area contributed by atoms with Crippen LogP contribution in [0, 0.1) is 0 Å². The van der Waals surface area contributed by atoms with Gasteiger partial charge in [-0.2, -0.15) is 0 Å². The lowest BCUT2D eigenvalue weighted by Crippen LogP contribution is -2.36. The van der Waals surface area contributed by atoms with E-state index in [0.29, 0.717) is 24.6 Å². The Hall–Kier alpha value is -3.47. The summed E-state index contributed by atoms with van der Waals surface area (Å²) in [5.41, 5.74) is 4.57. The van der Waals surface area contributed by atoms with Gasteiger partial charge in [0.1, 0.15) is 0 Å². The topological polar surface area (TPSA) is 91.4 Å². The second-order valence-electron chi connectivity index (χ2n) is 9.42. The molecule has 0 radical (unpaired) electrons. The zero-order valence-electron chi connectivity index (χ0n) is 22.8. The van der Waals surface area contributed by atoms with Crippen LogP contribution in [0.1, 0.15) is 28.9 Å². The number of thiophene rings is 1. The first-order valence-corrected chi connectivity index (χ1v) is 14.6. The Balaban J connectivity index is 1.19. The smallest absolute Gasteiger partial charge is 0.313 e. The number of pyridine rings is 2. The van der Waals surface area contributed by atoms with E-state index in [4.69, 9.17) is 4.74 Å². The minimum Gasteiger partial charge on any atom is -0.415 e. The van der Waals surface area contributed by atoms with Gasteiger partial charge in [-0.3, -0.25) is 19.7 Å². The first-order chi connectivity index (χ1) is 19.7. The number of ether oxygens (including phenoxy) is 1. The Labute approximate surface area is 240 Å². The van der Waals surface area contributed by atoms with Crippen molar-refractivity contribution in [1.29, 1.82) is 0 Å². The van der Waals surface area contributed by atoms with Gasteiger partial charge in [-0.25, -0.2) is 0 Å². The fourth-order valence-electron chi connectivity index (χ4n) is 4.11. The van der Waals surface area contributed by atoms with Crippen molar-refractivity contribution >= 4 is 17.3 Å². The molecule has 4 aromatic rings. The largest absolute Gasteiger partial charge is 0.415 e. The van der Waals surface area contributed by atoms with E-state index < -0.39 is 0 Å². The molecule has 3 aromatic heterocycles. The average Bonchev–Trinajstić information content (AvgIpc) is 3.50. The standard InChI is InChI=1S/C31H38N6O2S/c38-30(39-31-8-5-21-40-31)13-16-32-22-26-9-11-27(12-10-26)25-37(19-17-33-23-28-6-1-3-14-35-28)20-18-34-24-29-7-2-4-15-36-29/h1-12,14-15,21,32-34H,13,16-20,22-25H2. The van der Waals surface area contributed by atoms with Gasteiger partial charge in [-0.05, 0) is 52.9 Å². The monoisotopic (exact) mass is 558 g/mol. The van der Waals surface area contributed by atoms with Crippen molar-refractivity contribution in [3.05, 3.63) is 113 Å². The number of nitrogens with zero attached hydrogens (tertiary/aromatic N) is 3. The van der Waals surface area contributed by atoms with Crippen LogP contribution in [0.4, 0.5) is 0 Å². The van der Waals surface area contributed by atoms with E-state index in [1.54, 1.807) is 6.07 Å².